The van der Waals surface area contributed by atoms with E-state index in [4.69, 9.17) is 5.73 Å². The molecule has 4 heteroatoms. The van der Waals surface area contributed by atoms with Gasteiger partial charge in [-0.15, -0.1) is 0 Å². The van der Waals surface area contributed by atoms with Crippen LogP contribution in [0.25, 0.3) is 0 Å². The van der Waals surface area contributed by atoms with Crippen molar-refractivity contribution >= 4 is 0 Å². The lowest BCUT2D eigenvalue weighted by Crippen LogP contribution is -2.36. The molecule has 15 heavy (non-hydrogen) atoms. The Balaban J connectivity index is 2.24. The summed E-state index contributed by atoms with van der Waals surface area (Å²) in [5, 5.41) is 0. The molecule has 0 amide bonds. The molecule has 0 radical (unpaired) electrons. The first-order chi connectivity index (χ1) is 7.09. The number of rotatable bonds is 2. The van der Waals surface area contributed by atoms with Crippen molar-refractivity contribution in [3.8, 4) is 0 Å². The van der Waals surface area contributed by atoms with Crippen LogP contribution in [0.15, 0.2) is 6.20 Å². The number of likely N-dealkylation sites (tertiary alicyclic amines) is 1. The Labute approximate surface area is 90.9 Å². The molecule has 4 nitrogen and oxygen atoms in total. The lowest BCUT2D eigenvalue weighted by atomic mass is 10.1. The summed E-state index contributed by atoms with van der Waals surface area (Å²) < 4.78 is 0. The molecule has 0 aliphatic carbocycles. The molecule has 0 bridgehead atoms. The van der Waals surface area contributed by atoms with Gasteiger partial charge in [0.2, 0.25) is 0 Å². The monoisotopic (exact) mass is 208 g/mol. The Morgan fingerprint density at radius 1 is 1.60 bits per heavy atom. The normalized spacial score (nSPS) is 27.8. The van der Waals surface area contributed by atoms with Crippen molar-refractivity contribution in [1.82, 2.24) is 14.9 Å². The van der Waals surface area contributed by atoms with E-state index in [0.717, 1.165) is 24.5 Å². The molecule has 0 saturated carbocycles. The van der Waals surface area contributed by atoms with Crippen LogP contribution in [0.4, 0.5) is 0 Å². The molecule has 1 fully saturated rings. The number of imidazole rings is 1. The molecule has 1 aromatic rings. The Bertz CT molecular complexity index is 331. The Morgan fingerprint density at radius 2 is 2.33 bits per heavy atom. The molecule has 1 aliphatic heterocycles. The highest BCUT2D eigenvalue weighted by Gasteiger charge is 2.35. The molecular weight excluding hydrogens is 188 g/mol. The van der Waals surface area contributed by atoms with Crippen molar-refractivity contribution in [2.24, 2.45) is 5.73 Å². The first-order valence-electron chi connectivity index (χ1n) is 5.62. The van der Waals surface area contributed by atoms with Gasteiger partial charge in [0.25, 0.3) is 0 Å². The molecule has 1 saturated heterocycles. The molecule has 1 aromatic heterocycles. The van der Waals surface area contributed by atoms with Crippen molar-refractivity contribution in [3.05, 3.63) is 17.7 Å². The number of aromatic nitrogens is 2. The zero-order valence-electron chi connectivity index (χ0n) is 9.70. The van der Waals surface area contributed by atoms with E-state index < -0.39 is 0 Å². The van der Waals surface area contributed by atoms with Crippen LogP contribution in [0.1, 0.15) is 37.8 Å². The van der Waals surface area contributed by atoms with Crippen molar-refractivity contribution in [1.29, 1.82) is 0 Å². The van der Waals surface area contributed by atoms with Gasteiger partial charge < -0.3 is 10.7 Å². The number of hydrogen-bond donors (Lipinski definition) is 2. The number of nitrogens with zero attached hydrogens (tertiary/aromatic N) is 2. The van der Waals surface area contributed by atoms with Crippen molar-refractivity contribution in [3.63, 3.8) is 0 Å². The maximum absolute atomic E-state index is 6.15. The van der Waals surface area contributed by atoms with Gasteiger partial charge >= 0.3 is 0 Å². The fourth-order valence-electron chi connectivity index (χ4n) is 2.36. The van der Waals surface area contributed by atoms with Gasteiger partial charge in [0, 0.05) is 30.5 Å². The molecule has 84 valence electrons. The van der Waals surface area contributed by atoms with Gasteiger partial charge in [0.05, 0.1) is 6.04 Å². The van der Waals surface area contributed by atoms with Crippen LogP contribution in [-0.4, -0.2) is 33.5 Å². The summed E-state index contributed by atoms with van der Waals surface area (Å²) in [5.74, 6) is 1.02. The van der Waals surface area contributed by atoms with Gasteiger partial charge in [-0.2, -0.15) is 0 Å². The minimum atomic E-state index is 0.206. The number of nitrogens with one attached hydrogen (secondary N) is 1. The number of nitrogens with two attached hydrogens (primary N) is 1. The van der Waals surface area contributed by atoms with E-state index >= 15 is 0 Å². The third-order valence-corrected chi connectivity index (χ3v) is 3.15. The maximum Gasteiger partial charge on any atom is 0.125 e. The first-order valence-corrected chi connectivity index (χ1v) is 5.62. The molecule has 2 atom stereocenters. The molecule has 3 N–H and O–H groups in total. The fraction of sp³-hybridized carbons (Fsp3) is 0.727. The standard InChI is InChI=1S/C11H20N4/c1-7(2)15-5-4-9(12)10(15)11-13-6-8(3)14-11/h6-7,9-10H,4-5,12H2,1-3H3,(H,13,14). The third-order valence-electron chi connectivity index (χ3n) is 3.15. The quantitative estimate of drug-likeness (QED) is 0.768. The maximum atomic E-state index is 6.15. The largest absolute Gasteiger partial charge is 0.345 e. The average molecular weight is 208 g/mol. The van der Waals surface area contributed by atoms with Gasteiger partial charge in [-0.1, -0.05) is 0 Å². The van der Waals surface area contributed by atoms with Crippen molar-refractivity contribution in [2.45, 2.75) is 45.3 Å². The van der Waals surface area contributed by atoms with Crippen molar-refractivity contribution in [2.75, 3.05) is 6.54 Å². The summed E-state index contributed by atoms with van der Waals surface area (Å²) in [7, 11) is 0. The van der Waals surface area contributed by atoms with E-state index in [1.807, 2.05) is 13.1 Å². The van der Waals surface area contributed by atoms with Crippen molar-refractivity contribution < 1.29 is 0 Å². The zero-order chi connectivity index (χ0) is 11.0. The van der Waals surface area contributed by atoms with Gasteiger partial charge in [0.15, 0.2) is 0 Å². The summed E-state index contributed by atoms with van der Waals surface area (Å²) >= 11 is 0. The van der Waals surface area contributed by atoms with E-state index in [-0.39, 0.29) is 12.1 Å². The lowest BCUT2D eigenvalue weighted by Gasteiger charge is -2.28. The molecule has 2 unspecified atom stereocenters. The number of H-pyrrole nitrogens is 1. The van der Waals surface area contributed by atoms with E-state index in [2.05, 4.69) is 28.7 Å². The predicted molar refractivity (Wildman–Crippen MR) is 60.5 cm³/mol. The van der Waals surface area contributed by atoms with Crippen LogP contribution >= 0.6 is 0 Å². The minimum Gasteiger partial charge on any atom is -0.345 e. The number of aromatic amines is 1. The summed E-state index contributed by atoms with van der Waals surface area (Å²) in [6.07, 6.45) is 2.93. The third kappa shape index (κ3) is 1.92. The minimum absolute atomic E-state index is 0.206. The molecular formula is C11H20N4. The van der Waals surface area contributed by atoms with Crippen LogP contribution < -0.4 is 5.73 Å². The predicted octanol–water partition coefficient (Wildman–Crippen LogP) is 1.20. The second kappa shape index (κ2) is 3.94. The second-order valence-corrected chi connectivity index (χ2v) is 4.68. The topological polar surface area (TPSA) is 57.9 Å². The van der Waals surface area contributed by atoms with Gasteiger partial charge in [-0.25, -0.2) is 4.98 Å². The SMILES string of the molecule is Cc1cnc(C2C(N)CCN2C(C)C)[nH]1. The second-order valence-electron chi connectivity index (χ2n) is 4.68. The lowest BCUT2D eigenvalue weighted by molar-refractivity contribution is 0.191. The summed E-state index contributed by atoms with van der Waals surface area (Å²) in [5.41, 5.74) is 7.25. The molecule has 0 aromatic carbocycles. The summed E-state index contributed by atoms with van der Waals surface area (Å²) in [6, 6.07) is 0.991. The van der Waals surface area contributed by atoms with E-state index in [1.165, 1.54) is 0 Å². The molecule has 0 spiro atoms. The highest BCUT2D eigenvalue weighted by Crippen LogP contribution is 2.30. The van der Waals surface area contributed by atoms with Crippen LogP contribution in [0.3, 0.4) is 0 Å². The average Bonchev–Trinajstić information content (AvgIpc) is 2.71. The van der Waals surface area contributed by atoms with Gasteiger partial charge in [-0.3, -0.25) is 4.90 Å². The van der Waals surface area contributed by atoms with E-state index in [9.17, 15) is 0 Å². The van der Waals surface area contributed by atoms with Gasteiger partial charge in [0.1, 0.15) is 5.82 Å². The Hall–Kier alpha value is -0.870. The summed E-state index contributed by atoms with van der Waals surface area (Å²) in [6.45, 7) is 7.52. The fourth-order valence-corrected chi connectivity index (χ4v) is 2.36. The van der Waals surface area contributed by atoms with Crippen LogP contribution in [0.5, 0.6) is 0 Å². The van der Waals surface area contributed by atoms with Crippen LogP contribution in [-0.2, 0) is 0 Å². The Morgan fingerprint density at radius 3 is 2.87 bits per heavy atom. The Kier molecular flexibility index (Phi) is 2.80. The first kappa shape index (κ1) is 10.6. The van der Waals surface area contributed by atoms with E-state index in [1.54, 1.807) is 0 Å². The number of aryl methyl sites for hydroxylation is 1. The van der Waals surface area contributed by atoms with Crippen LogP contribution in [0.2, 0.25) is 0 Å². The van der Waals surface area contributed by atoms with Crippen LogP contribution in [0, 0.1) is 6.92 Å². The highest BCUT2D eigenvalue weighted by atomic mass is 15.2. The van der Waals surface area contributed by atoms with Gasteiger partial charge in [-0.05, 0) is 27.2 Å². The highest BCUT2D eigenvalue weighted by molar-refractivity contribution is 5.09. The molecule has 1 aliphatic rings. The van der Waals surface area contributed by atoms with E-state index in [0.29, 0.717) is 6.04 Å². The zero-order valence-corrected chi connectivity index (χ0v) is 9.70. The summed E-state index contributed by atoms with van der Waals surface area (Å²) in [4.78, 5) is 10.1. The molecule has 2 heterocycles. The number of hydrogen-bond acceptors (Lipinski definition) is 3. The molecule has 2 rings (SSSR count). The smallest absolute Gasteiger partial charge is 0.125 e.